The van der Waals surface area contributed by atoms with E-state index in [1.165, 1.54) is 128 Å². The van der Waals surface area contributed by atoms with Gasteiger partial charge in [-0.1, -0.05) is 175 Å². The van der Waals surface area contributed by atoms with Crippen LogP contribution in [0.15, 0.2) is 0 Å². The molecule has 0 amide bonds. The van der Waals surface area contributed by atoms with Crippen LogP contribution >= 0.6 is 0 Å². The average Bonchev–Trinajstić information content (AvgIpc) is 2.96. The van der Waals surface area contributed by atoms with Gasteiger partial charge in [-0.15, -0.1) is 0 Å². The third kappa shape index (κ3) is 28.8. The number of carbonyl (C=O) groups excluding carboxylic acids is 1. The van der Waals surface area contributed by atoms with Crippen molar-refractivity contribution in [2.45, 2.75) is 207 Å². The molecular weight excluding hydrogens is 508 g/mol. The number of ether oxygens (including phenoxy) is 1. The third-order valence-electron chi connectivity index (χ3n) is 8.91. The van der Waals surface area contributed by atoms with Crippen molar-refractivity contribution >= 4 is 11.9 Å². The van der Waals surface area contributed by atoms with E-state index in [9.17, 15) is 14.7 Å². The maximum atomic E-state index is 12.3. The molecule has 0 spiro atoms. The van der Waals surface area contributed by atoms with Gasteiger partial charge in [-0.05, 0) is 31.6 Å². The van der Waals surface area contributed by atoms with Crippen molar-refractivity contribution < 1.29 is 19.4 Å². The Balaban J connectivity index is 4.05. The van der Waals surface area contributed by atoms with E-state index in [-0.39, 0.29) is 11.9 Å². The predicted molar refractivity (Wildman–Crippen MR) is 176 cm³/mol. The molecule has 0 saturated carbocycles. The Bertz CT molecular complexity index is 545. The number of hydrogen-bond acceptors (Lipinski definition) is 3. The number of hydrogen-bond donors (Lipinski definition) is 1. The molecule has 0 bridgehead atoms. The Hall–Kier alpha value is -1.06. The van der Waals surface area contributed by atoms with Gasteiger partial charge in [-0.2, -0.15) is 0 Å². The monoisotopic (exact) mass is 581 g/mol. The van der Waals surface area contributed by atoms with Crippen molar-refractivity contribution in [1.82, 2.24) is 0 Å². The van der Waals surface area contributed by atoms with Gasteiger partial charge in [0.15, 0.2) is 0 Å². The Kier molecular flexibility index (Phi) is 31.0. The summed E-state index contributed by atoms with van der Waals surface area (Å²) >= 11 is 0. The van der Waals surface area contributed by atoms with Crippen molar-refractivity contribution in [2.24, 2.45) is 11.8 Å². The van der Waals surface area contributed by atoms with Gasteiger partial charge >= 0.3 is 11.9 Å². The molecule has 4 nitrogen and oxygen atoms in total. The van der Waals surface area contributed by atoms with Crippen LogP contribution in [0.3, 0.4) is 0 Å². The van der Waals surface area contributed by atoms with Gasteiger partial charge in [0.25, 0.3) is 0 Å². The van der Waals surface area contributed by atoms with Gasteiger partial charge in [0.1, 0.15) is 0 Å². The molecule has 1 atom stereocenters. The summed E-state index contributed by atoms with van der Waals surface area (Å²) in [7, 11) is 0. The molecule has 0 aromatic heterocycles. The zero-order valence-electron chi connectivity index (χ0n) is 28.0. The Labute approximate surface area is 256 Å². The van der Waals surface area contributed by atoms with Crippen LogP contribution < -0.4 is 0 Å². The van der Waals surface area contributed by atoms with E-state index in [0.29, 0.717) is 18.9 Å². The molecule has 0 fully saturated rings. The number of carboxylic acids is 1. The number of unbranched alkanes of at least 4 members (excludes halogenated alkanes) is 19. The van der Waals surface area contributed by atoms with Crippen molar-refractivity contribution in [3.05, 3.63) is 0 Å². The fourth-order valence-electron chi connectivity index (χ4n) is 6.02. The first-order valence-electron chi connectivity index (χ1n) is 18.4. The lowest BCUT2D eigenvalue weighted by molar-refractivity contribution is -0.144. The van der Waals surface area contributed by atoms with Crippen LogP contribution in [0.5, 0.6) is 0 Å². The first kappa shape index (κ1) is 39.9. The minimum absolute atomic E-state index is 0.0726. The van der Waals surface area contributed by atoms with E-state index in [4.69, 9.17) is 4.74 Å². The van der Waals surface area contributed by atoms with Crippen molar-refractivity contribution in [1.29, 1.82) is 0 Å². The molecule has 41 heavy (non-hydrogen) atoms. The second-order valence-electron chi connectivity index (χ2n) is 12.9. The maximum Gasteiger partial charge on any atom is 0.306 e. The fourth-order valence-corrected chi connectivity index (χ4v) is 6.02. The fraction of sp³-hybridized carbons (Fsp3) is 0.946. The van der Waals surface area contributed by atoms with Crippen molar-refractivity contribution in [3.63, 3.8) is 0 Å². The quantitative estimate of drug-likeness (QED) is 0.0619. The Morgan fingerprint density at radius 2 is 0.854 bits per heavy atom. The molecule has 0 heterocycles. The number of carboxylic acid groups (broad SMARTS) is 1. The first-order valence-corrected chi connectivity index (χ1v) is 18.4. The topological polar surface area (TPSA) is 63.6 Å². The van der Waals surface area contributed by atoms with Crippen LogP contribution in [0.2, 0.25) is 0 Å². The van der Waals surface area contributed by atoms with Gasteiger partial charge in [-0.25, -0.2) is 0 Å². The molecule has 0 aliphatic rings. The molecule has 1 N–H and O–H groups in total. The molecule has 0 aromatic rings. The van der Waals surface area contributed by atoms with Crippen molar-refractivity contribution in [3.8, 4) is 0 Å². The van der Waals surface area contributed by atoms with E-state index in [0.717, 1.165) is 51.4 Å². The minimum atomic E-state index is -0.649. The van der Waals surface area contributed by atoms with Crippen LogP contribution in [-0.4, -0.2) is 23.7 Å². The lowest BCUT2D eigenvalue weighted by Crippen LogP contribution is -2.14. The molecule has 0 rings (SSSR count). The summed E-state index contributed by atoms with van der Waals surface area (Å²) in [6.07, 6.45) is 34.2. The van der Waals surface area contributed by atoms with Crippen LogP contribution in [0.1, 0.15) is 207 Å². The number of esters is 1. The average molecular weight is 581 g/mol. The van der Waals surface area contributed by atoms with E-state index < -0.39 is 5.97 Å². The molecule has 0 aliphatic carbocycles. The lowest BCUT2D eigenvalue weighted by Gasteiger charge is -2.17. The third-order valence-corrected chi connectivity index (χ3v) is 8.91. The van der Waals surface area contributed by atoms with Crippen molar-refractivity contribution in [2.75, 3.05) is 6.61 Å². The normalized spacial score (nSPS) is 12.2. The van der Waals surface area contributed by atoms with Gasteiger partial charge in [0.2, 0.25) is 0 Å². The van der Waals surface area contributed by atoms with E-state index in [2.05, 4.69) is 20.8 Å². The first-order chi connectivity index (χ1) is 20.0. The van der Waals surface area contributed by atoms with Crippen LogP contribution in [0.4, 0.5) is 0 Å². The highest BCUT2D eigenvalue weighted by Gasteiger charge is 2.16. The van der Waals surface area contributed by atoms with Gasteiger partial charge in [0.05, 0.1) is 12.5 Å². The molecule has 0 saturated heterocycles. The molecule has 1 unspecified atom stereocenters. The van der Waals surface area contributed by atoms with Gasteiger partial charge in [-0.3, -0.25) is 9.59 Å². The Morgan fingerprint density at radius 1 is 0.488 bits per heavy atom. The van der Waals surface area contributed by atoms with Gasteiger partial charge < -0.3 is 9.84 Å². The van der Waals surface area contributed by atoms with Crippen LogP contribution in [-0.2, 0) is 14.3 Å². The highest BCUT2D eigenvalue weighted by Crippen LogP contribution is 2.23. The lowest BCUT2D eigenvalue weighted by atomic mass is 9.91. The number of aliphatic carboxylic acids is 1. The number of rotatable bonds is 33. The summed E-state index contributed by atoms with van der Waals surface area (Å²) in [5.41, 5.74) is 0. The van der Waals surface area contributed by atoms with E-state index in [1.54, 1.807) is 0 Å². The molecule has 244 valence electrons. The zero-order valence-corrected chi connectivity index (χ0v) is 28.0. The summed E-state index contributed by atoms with van der Waals surface area (Å²) < 4.78 is 5.63. The van der Waals surface area contributed by atoms with E-state index >= 15 is 0 Å². The van der Waals surface area contributed by atoms with Crippen LogP contribution in [0, 0.1) is 11.8 Å². The largest absolute Gasteiger partial charge is 0.481 e. The zero-order chi connectivity index (χ0) is 30.2. The Morgan fingerprint density at radius 3 is 1.27 bits per heavy atom. The summed E-state index contributed by atoms with van der Waals surface area (Å²) in [5.74, 6) is -0.258. The molecule has 0 radical (unpaired) electrons. The van der Waals surface area contributed by atoms with E-state index in [1.807, 2.05) is 0 Å². The highest BCUT2D eigenvalue weighted by molar-refractivity contribution is 5.70. The second kappa shape index (κ2) is 31.9. The standard InChI is InChI=1S/C37H72O4/c1-4-7-10-13-16-17-20-24-29-35(37(39)40)30-25-21-26-31-36(38)41-33-32-34(27-22-18-14-11-8-5-2)28-23-19-15-12-9-6-3/h34-35H,4-33H2,1-3H3,(H,39,40). The maximum absolute atomic E-state index is 12.3. The minimum Gasteiger partial charge on any atom is -0.481 e. The highest BCUT2D eigenvalue weighted by atomic mass is 16.5. The molecular formula is C37H72O4. The van der Waals surface area contributed by atoms with Gasteiger partial charge in [0, 0.05) is 6.42 Å². The molecule has 0 aromatic carbocycles. The van der Waals surface area contributed by atoms with Crippen LogP contribution in [0.25, 0.3) is 0 Å². The SMILES string of the molecule is CCCCCCCCCCC(CCCCCC(=O)OCCC(CCCCCCCC)CCCCCCCC)C(=O)O. The summed E-state index contributed by atoms with van der Waals surface area (Å²) in [5, 5.41) is 9.59. The predicted octanol–water partition coefficient (Wildman–Crippen LogP) is 12.2. The molecule has 0 aliphatic heterocycles. The number of carbonyl (C=O) groups is 2. The smallest absolute Gasteiger partial charge is 0.306 e. The second-order valence-corrected chi connectivity index (χ2v) is 12.9. The molecule has 4 heteroatoms. The summed E-state index contributed by atoms with van der Waals surface area (Å²) in [4.78, 5) is 24.0. The summed E-state index contributed by atoms with van der Waals surface area (Å²) in [6.45, 7) is 7.34. The summed E-state index contributed by atoms with van der Waals surface area (Å²) in [6, 6.07) is 0.